The van der Waals surface area contributed by atoms with Crippen LogP contribution in [0.25, 0.3) is 11.2 Å². The minimum absolute atomic E-state index is 0.164. The highest BCUT2D eigenvalue weighted by molar-refractivity contribution is 5.96. The molecule has 11 heteroatoms. The second kappa shape index (κ2) is 12.9. The van der Waals surface area contributed by atoms with Crippen LogP contribution in [0, 0.1) is 11.8 Å². The van der Waals surface area contributed by atoms with Crippen LogP contribution in [-0.4, -0.2) is 99.5 Å². The van der Waals surface area contributed by atoms with Gasteiger partial charge in [0.05, 0.1) is 6.33 Å². The molecule has 11 nitrogen and oxygen atoms in total. The minimum atomic E-state index is -0.164. The van der Waals surface area contributed by atoms with Gasteiger partial charge in [0.2, 0.25) is 5.95 Å². The van der Waals surface area contributed by atoms with Crippen LogP contribution in [0.5, 0.6) is 0 Å². The van der Waals surface area contributed by atoms with Crippen molar-refractivity contribution < 1.29 is 4.79 Å². The van der Waals surface area contributed by atoms with E-state index in [2.05, 4.69) is 54.3 Å². The molecule has 1 aromatic carbocycles. The average molecular weight is 575 g/mol. The SMILES string of the molecule is CN1CCCC(CN2CCN(Cc3ccc(C(=O)NN(CC4CCCC4)c4nc(N)nc5c4ncn5C)cc3)CC2)C1. The molecule has 2 aliphatic heterocycles. The van der Waals surface area contributed by atoms with Gasteiger partial charge in [-0.3, -0.25) is 20.1 Å². The summed E-state index contributed by atoms with van der Waals surface area (Å²) in [7, 11) is 4.13. The number of nitrogens with one attached hydrogen (secondary N) is 1. The first-order valence-electron chi connectivity index (χ1n) is 15.7. The van der Waals surface area contributed by atoms with Gasteiger partial charge in [0.1, 0.15) is 0 Å². The molecule has 226 valence electrons. The van der Waals surface area contributed by atoms with Crippen LogP contribution in [0.15, 0.2) is 30.6 Å². The lowest BCUT2D eigenvalue weighted by Crippen LogP contribution is -2.48. The number of nitrogens with zero attached hydrogens (tertiary/aromatic N) is 8. The number of hydrogen-bond acceptors (Lipinski definition) is 9. The summed E-state index contributed by atoms with van der Waals surface area (Å²) in [4.78, 5) is 34.5. The number of fused-ring (bicyclic) bond motifs is 1. The number of amides is 1. The molecule has 2 saturated heterocycles. The summed E-state index contributed by atoms with van der Waals surface area (Å²) >= 11 is 0. The van der Waals surface area contributed by atoms with E-state index in [4.69, 9.17) is 5.73 Å². The van der Waals surface area contributed by atoms with E-state index in [0.717, 1.165) is 51.5 Å². The zero-order chi connectivity index (χ0) is 29.1. The van der Waals surface area contributed by atoms with Crippen molar-refractivity contribution >= 4 is 28.8 Å². The van der Waals surface area contributed by atoms with Crippen LogP contribution >= 0.6 is 0 Å². The molecule has 2 aromatic heterocycles. The van der Waals surface area contributed by atoms with Crippen molar-refractivity contribution in [2.75, 3.05) is 70.1 Å². The van der Waals surface area contributed by atoms with Crippen LogP contribution in [0.3, 0.4) is 0 Å². The van der Waals surface area contributed by atoms with Crippen LogP contribution < -0.4 is 16.2 Å². The molecule has 1 atom stereocenters. The van der Waals surface area contributed by atoms with Crippen LogP contribution in [0.1, 0.15) is 54.4 Å². The minimum Gasteiger partial charge on any atom is -0.368 e. The normalized spacial score (nSPS) is 21.2. The summed E-state index contributed by atoms with van der Waals surface area (Å²) in [6.07, 6.45) is 9.10. The predicted octanol–water partition coefficient (Wildman–Crippen LogP) is 2.75. The van der Waals surface area contributed by atoms with Crippen molar-refractivity contribution in [3.8, 4) is 0 Å². The molecule has 0 spiro atoms. The fraction of sp³-hybridized carbons (Fsp3) is 0.613. The van der Waals surface area contributed by atoms with E-state index < -0.39 is 0 Å². The summed E-state index contributed by atoms with van der Waals surface area (Å²) in [6, 6.07) is 8.03. The van der Waals surface area contributed by atoms with Crippen LogP contribution in [0.4, 0.5) is 11.8 Å². The van der Waals surface area contributed by atoms with E-state index in [1.165, 1.54) is 50.9 Å². The van der Waals surface area contributed by atoms with Gasteiger partial charge in [-0.1, -0.05) is 25.0 Å². The fourth-order valence-corrected chi connectivity index (χ4v) is 6.96. The number of nitrogen functional groups attached to an aromatic ring is 1. The van der Waals surface area contributed by atoms with E-state index in [1.807, 2.05) is 28.8 Å². The van der Waals surface area contributed by atoms with Crippen molar-refractivity contribution in [2.24, 2.45) is 18.9 Å². The molecule has 4 heterocycles. The molecule has 6 rings (SSSR count). The Morgan fingerprint density at radius 3 is 2.40 bits per heavy atom. The number of rotatable bonds is 9. The van der Waals surface area contributed by atoms with Gasteiger partial charge >= 0.3 is 0 Å². The van der Waals surface area contributed by atoms with Crippen molar-refractivity contribution in [3.05, 3.63) is 41.7 Å². The third-order valence-electron chi connectivity index (χ3n) is 9.29. The number of anilines is 2. The Bertz CT molecular complexity index is 1340. The lowest BCUT2D eigenvalue weighted by molar-refractivity contribution is 0.0929. The lowest BCUT2D eigenvalue weighted by atomic mass is 9.97. The first-order valence-corrected chi connectivity index (χ1v) is 15.7. The van der Waals surface area contributed by atoms with Gasteiger partial charge < -0.3 is 20.1 Å². The predicted molar refractivity (Wildman–Crippen MR) is 166 cm³/mol. The third kappa shape index (κ3) is 6.85. The number of hydrazine groups is 1. The second-order valence-electron chi connectivity index (χ2n) is 12.7. The molecule has 3 aliphatic rings. The average Bonchev–Trinajstić information content (AvgIpc) is 3.63. The van der Waals surface area contributed by atoms with Gasteiger partial charge in [0.15, 0.2) is 17.0 Å². The van der Waals surface area contributed by atoms with Crippen molar-refractivity contribution in [1.82, 2.24) is 39.6 Å². The van der Waals surface area contributed by atoms with Crippen molar-refractivity contribution in [2.45, 2.75) is 45.1 Å². The summed E-state index contributed by atoms with van der Waals surface area (Å²) in [5.74, 6) is 1.84. The maximum absolute atomic E-state index is 13.5. The maximum Gasteiger partial charge on any atom is 0.269 e. The molecule has 0 radical (unpaired) electrons. The monoisotopic (exact) mass is 574 g/mol. The number of piperidine rings is 1. The number of aryl methyl sites for hydroxylation is 1. The molecule has 1 amide bonds. The molecule has 3 fully saturated rings. The Labute approximate surface area is 249 Å². The summed E-state index contributed by atoms with van der Waals surface area (Å²) in [6.45, 7) is 9.73. The number of aromatic nitrogens is 4. The molecular weight excluding hydrogens is 528 g/mol. The second-order valence-corrected chi connectivity index (χ2v) is 12.7. The van der Waals surface area contributed by atoms with Crippen LogP contribution in [-0.2, 0) is 13.6 Å². The quantitative estimate of drug-likeness (QED) is 0.373. The highest BCUT2D eigenvalue weighted by Gasteiger charge is 2.26. The van der Waals surface area contributed by atoms with Crippen molar-refractivity contribution in [3.63, 3.8) is 0 Å². The highest BCUT2D eigenvalue weighted by atomic mass is 16.2. The fourth-order valence-electron chi connectivity index (χ4n) is 6.96. The summed E-state index contributed by atoms with van der Waals surface area (Å²) < 4.78 is 1.82. The van der Waals surface area contributed by atoms with Gasteiger partial charge in [-0.2, -0.15) is 9.97 Å². The van der Waals surface area contributed by atoms with Gasteiger partial charge in [-0.15, -0.1) is 0 Å². The number of imidazole rings is 1. The third-order valence-corrected chi connectivity index (χ3v) is 9.29. The van der Waals surface area contributed by atoms with Gasteiger partial charge in [-0.05, 0) is 68.8 Å². The largest absolute Gasteiger partial charge is 0.368 e. The Morgan fingerprint density at radius 2 is 1.67 bits per heavy atom. The van der Waals surface area contributed by atoms with E-state index in [0.29, 0.717) is 35.0 Å². The zero-order valence-corrected chi connectivity index (χ0v) is 25.2. The Balaban J connectivity index is 1.07. The number of carbonyl (C=O) groups is 1. The smallest absolute Gasteiger partial charge is 0.269 e. The van der Waals surface area contributed by atoms with E-state index in [9.17, 15) is 4.79 Å². The molecule has 1 unspecified atom stereocenters. The number of nitrogens with two attached hydrogens (primary N) is 1. The molecule has 1 aliphatic carbocycles. The van der Waals surface area contributed by atoms with Crippen LogP contribution in [0.2, 0.25) is 0 Å². The number of hydrogen-bond donors (Lipinski definition) is 2. The van der Waals surface area contributed by atoms with Gasteiger partial charge in [0, 0.05) is 65.0 Å². The molecule has 3 N–H and O–H groups in total. The maximum atomic E-state index is 13.5. The first kappa shape index (κ1) is 28.8. The summed E-state index contributed by atoms with van der Waals surface area (Å²) in [5.41, 5.74) is 12.3. The number of likely N-dealkylation sites (tertiary alicyclic amines) is 1. The molecule has 1 saturated carbocycles. The number of piperazine rings is 1. The Hall–Kier alpha value is -3.28. The van der Waals surface area contributed by atoms with E-state index >= 15 is 0 Å². The molecular formula is C31H46N10O. The standard InChI is InChI=1S/C31H46N10O/c1-37-13-5-8-25(18-37)20-40-16-14-39(15-17-40)19-24-9-11-26(12-10-24)30(42)36-41(21-23-6-3-4-7-23)29-27-28(34-31(32)35-29)38(2)22-33-27/h9-12,22-23,25H,3-8,13-21H2,1-2H3,(H,36,42)(H2,32,34,35). The lowest BCUT2D eigenvalue weighted by Gasteiger charge is -2.38. The van der Waals surface area contributed by atoms with Crippen molar-refractivity contribution in [1.29, 1.82) is 0 Å². The molecule has 3 aromatic rings. The Morgan fingerprint density at radius 1 is 0.952 bits per heavy atom. The molecule has 42 heavy (non-hydrogen) atoms. The van der Waals surface area contributed by atoms with E-state index in [1.54, 1.807) is 6.33 Å². The number of benzene rings is 1. The van der Waals surface area contributed by atoms with Gasteiger partial charge in [-0.25, -0.2) is 4.98 Å². The molecule has 0 bridgehead atoms. The first-order chi connectivity index (χ1) is 20.4. The summed E-state index contributed by atoms with van der Waals surface area (Å²) in [5, 5.41) is 1.84. The van der Waals surface area contributed by atoms with E-state index in [-0.39, 0.29) is 11.9 Å². The van der Waals surface area contributed by atoms with Gasteiger partial charge in [0.25, 0.3) is 5.91 Å². The number of carbonyl (C=O) groups excluding carboxylic acids is 1. The zero-order valence-electron chi connectivity index (χ0n) is 25.2. The topological polar surface area (TPSA) is 112 Å². The Kier molecular flexibility index (Phi) is 8.87. The highest BCUT2D eigenvalue weighted by Crippen LogP contribution is 2.29.